The highest BCUT2D eigenvalue weighted by Gasteiger charge is 2.32. The molecule has 103 heavy (non-hydrogen) atoms. The fourth-order valence-electron chi connectivity index (χ4n) is 15.8. The minimum Gasteiger partial charge on any atom is -0.455 e. The first-order valence-corrected chi connectivity index (χ1v) is 35.3. The van der Waals surface area contributed by atoms with Crippen molar-refractivity contribution in [1.82, 2.24) is 24.1 Å². The molecule has 0 aliphatic carbocycles. The molecule has 6 heterocycles. The van der Waals surface area contributed by atoms with Gasteiger partial charge in [-0.2, -0.15) is 0 Å². The van der Waals surface area contributed by atoms with E-state index in [2.05, 4.69) is 300 Å². The molecule has 0 N–H and O–H groups in total. The SMILES string of the molecule is [C-]#[N+]c1cc(-c2nc(-c3ccccc3)nc(-c3ccc4c(c3)sc3ccccc34)n2)c(-n2c3ccc(-c4ccccc4)cc3c3c4oc5ccc(-c6ccccc6)cc5c4ccc32)c(-c2ccccc2)c1-n1c2ccc(-c3ccccc3)cc2c2c3oc4ccc(-c5ccccc5)cc4c3ccc21. The molecule has 21 rings (SSSR count). The van der Waals surface area contributed by atoms with Gasteiger partial charge in [0.25, 0.3) is 0 Å². The Balaban J connectivity index is 0.928. The molecule has 0 saturated carbocycles. The van der Waals surface area contributed by atoms with Crippen molar-refractivity contribution in [3.05, 3.63) is 339 Å². The lowest BCUT2D eigenvalue weighted by Gasteiger charge is -2.24. The highest BCUT2D eigenvalue weighted by Crippen LogP contribution is 2.53. The van der Waals surface area contributed by atoms with E-state index in [4.69, 9.17) is 28.6 Å². The zero-order chi connectivity index (χ0) is 67.8. The van der Waals surface area contributed by atoms with Gasteiger partial charge in [-0.1, -0.05) is 237 Å². The zero-order valence-electron chi connectivity index (χ0n) is 55.1. The van der Waals surface area contributed by atoms with E-state index in [9.17, 15) is 6.57 Å². The molecule has 21 aromatic rings. The van der Waals surface area contributed by atoms with E-state index in [-0.39, 0.29) is 0 Å². The summed E-state index contributed by atoms with van der Waals surface area (Å²) in [4.78, 5) is 21.5. The quantitative estimate of drug-likeness (QED) is 0.128. The fraction of sp³-hybridized carbons (Fsp3) is 0. The predicted octanol–water partition coefficient (Wildman–Crippen LogP) is 26.1. The number of furan rings is 2. The molecule has 15 aromatic carbocycles. The van der Waals surface area contributed by atoms with Crippen LogP contribution in [0.3, 0.4) is 0 Å². The van der Waals surface area contributed by atoms with Gasteiger partial charge in [-0.05, 0) is 141 Å². The Morgan fingerprint density at radius 3 is 1.17 bits per heavy atom. The van der Waals surface area contributed by atoms with Gasteiger partial charge in [-0.15, -0.1) is 11.3 Å². The minimum absolute atomic E-state index is 0.386. The molecule has 0 unspecified atom stereocenters. The standard InChI is InChI=1S/C94H54N6O2S/c1-95-76-55-75(94-97-92(61-32-18-7-19-33-61)96-93(98-94)66-36-41-68-67-34-20-21-35-83(67)103-84(68)54-66)88(99-77-44-37-62(56-22-8-2-9-23-56)52-73(77)86-79(99)46-42-69-71-50-64(58-26-12-4-13-27-58)39-48-81(71)101-90(69)86)85(60-30-16-6-17-31-60)89(76)100-78-45-38-63(57-24-10-3-11-25-57)53-74(78)87-80(100)47-43-70-72-51-65(59-28-14-5-15-29-59)40-49-82(72)102-91(70)87/h2-55H. The van der Waals surface area contributed by atoms with Gasteiger partial charge in [0.15, 0.2) is 17.5 Å². The van der Waals surface area contributed by atoms with Gasteiger partial charge < -0.3 is 18.0 Å². The monoisotopic (exact) mass is 1330 g/mol. The second-order valence-corrected chi connectivity index (χ2v) is 27.5. The van der Waals surface area contributed by atoms with Crippen molar-refractivity contribution in [2.45, 2.75) is 0 Å². The lowest BCUT2D eigenvalue weighted by Crippen LogP contribution is -2.08. The van der Waals surface area contributed by atoms with E-state index < -0.39 is 0 Å². The first-order chi connectivity index (χ1) is 51.0. The number of fused-ring (bicyclic) bond motifs is 17. The minimum atomic E-state index is 0.386. The van der Waals surface area contributed by atoms with Crippen molar-refractivity contribution in [3.63, 3.8) is 0 Å². The third kappa shape index (κ3) is 9.25. The predicted molar refractivity (Wildman–Crippen MR) is 426 cm³/mol. The number of rotatable bonds is 10. The average Bonchev–Trinajstić information content (AvgIpc) is 1.56. The first kappa shape index (κ1) is 58.2. The van der Waals surface area contributed by atoms with Gasteiger partial charge in [0.2, 0.25) is 5.69 Å². The van der Waals surface area contributed by atoms with Gasteiger partial charge in [-0.3, -0.25) is 0 Å². The van der Waals surface area contributed by atoms with Gasteiger partial charge >= 0.3 is 0 Å². The van der Waals surface area contributed by atoms with Gasteiger partial charge in [-0.25, -0.2) is 19.8 Å². The maximum atomic E-state index is 9.79. The summed E-state index contributed by atoms with van der Waals surface area (Å²) in [5.41, 5.74) is 21.1. The van der Waals surface area contributed by atoms with E-state index in [0.717, 1.165) is 165 Å². The molecule has 0 spiro atoms. The molecule has 478 valence electrons. The zero-order valence-corrected chi connectivity index (χ0v) is 55.9. The largest absolute Gasteiger partial charge is 0.455 e. The smallest absolute Gasteiger partial charge is 0.212 e. The number of thiophene rings is 1. The lowest BCUT2D eigenvalue weighted by atomic mass is 9.94. The summed E-state index contributed by atoms with van der Waals surface area (Å²) in [5, 5.41) is 10.2. The summed E-state index contributed by atoms with van der Waals surface area (Å²) in [7, 11) is 0. The lowest BCUT2D eigenvalue weighted by molar-refractivity contribution is 0.672. The molecule has 0 radical (unpaired) electrons. The van der Waals surface area contributed by atoms with E-state index in [0.29, 0.717) is 34.4 Å². The average molecular weight is 1330 g/mol. The maximum absolute atomic E-state index is 9.79. The van der Waals surface area contributed by atoms with Crippen LogP contribution >= 0.6 is 11.3 Å². The molecule has 0 bridgehead atoms. The second kappa shape index (κ2) is 23.2. The van der Waals surface area contributed by atoms with E-state index >= 15 is 0 Å². The Bertz CT molecular complexity index is 7090. The third-order valence-corrected chi connectivity index (χ3v) is 21.7. The summed E-state index contributed by atoms with van der Waals surface area (Å²) >= 11 is 1.76. The van der Waals surface area contributed by atoms with Crippen LogP contribution in [0.15, 0.2) is 336 Å². The number of benzene rings is 15. The van der Waals surface area contributed by atoms with Crippen molar-refractivity contribution in [2.24, 2.45) is 0 Å². The molecule has 0 amide bonds. The molecule has 9 heteroatoms. The van der Waals surface area contributed by atoms with Crippen LogP contribution < -0.4 is 0 Å². The van der Waals surface area contributed by atoms with Crippen LogP contribution in [0, 0.1) is 6.57 Å². The second-order valence-electron chi connectivity index (χ2n) is 26.4. The Labute approximate surface area is 594 Å². The molecule has 0 fully saturated rings. The normalized spacial score (nSPS) is 11.9. The van der Waals surface area contributed by atoms with Crippen LogP contribution in [0.2, 0.25) is 0 Å². The van der Waals surface area contributed by atoms with Crippen molar-refractivity contribution in [3.8, 4) is 101 Å². The molecule has 8 nitrogen and oxygen atoms in total. The topological polar surface area (TPSA) is 79.2 Å². The highest BCUT2D eigenvalue weighted by atomic mass is 32.1. The molecule has 0 aliphatic rings. The molecule has 0 aliphatic heterocycles. The highest BCUT2D eigenvalue weighted by molar-refractivity contribution is 7.25. The van der Waals surface area contributed by atoms with Crippen LogP contribution in [0.5, 0.6) is 0 Å². The third-order valence-electron chi connectivity index (χ3n) is 20.6. The van der Waals surface area contributed by atoms with Gasteiger partial charge in [0.1, 0.15) is 22.3 Å². The van der Waals surface area contributed by atoms with Crippen molar-refractivity contribution in [2.75, 3.05) is 0 Å². The van der Waals surface area contributed by atoms with Crippen molar-refractivity contribution in [1.29, 1.82) is 0 Å². The van der Waals surface area contributed by atoms with Crippen LogP contribution in [-0.2, 0) is 0 Å². The Morgan fingerprint density at radius 2 is 0.670 bits per heavy atom. The molecule has 0 saturated heterocycles. The maximum Gasteiger partial charge on any atom is 0.212 e. The summed E-state index contributed by atoms with van der Waals surface area (Å²) in [6.45, 7) is 9.79. The number of aromatic nitrogens is 5. The van der Waals surface area contributed by atoms with Gasteiger partial charge in [0.05, 0.1) is 50.8 Å². The molecule has 6 aromatic heterocycles. The van der Waals surface area contributed by atoms with Crippen molar-refractivity contribution >= 4 is 125 Å². The van der Waals surface area contributed by atoms with Crippen LogP contribution in [-0.4, -0.2) is 24.1 Å². The van der Waals surface area contributed by atoms with Crippen molar-refractivity contribution < 1.29 is 8.83 Å². The first-order valence-electron chi connectivity index (χ1n) is 34.5. The summed E-state index contributed by atoms with van der Waals surface area (Å²) < 4.78 is 21.6. The van der Waals surface area contributed by atoms with E-state index in [1.807, 2.05) is 36.4 Å². The van der Waals surface area contributed by atoms with Crippen LogP contribution in [0.1, 0.15) is 0 Å². The summed E-state index contributed by atoms with van der Waals surface area (Å²) in [6, 6.07) is 115. The van der Waals surface area contributed by atoms with Crippen LogP contribution in [0.4, 0.5) is 5.69 Å². The van der Waals surface area contributed by atoms with E-state index in [1.54, 1.807) is 11.3 Å². The summed E-state index contributed by atoms with van der Waals surface area (Å²) in [5.74, 6) is 1.39. The van der Waals surface area contributed by atoms with Crippen LogP contribution in [0.25, 0.3) is 214 Å². The molecular formula is C94H54N6O2S. The van der Waals surface area contributed by atoms with Gasteiger partial charge in [0, 0.05) is 74.7 Å². The number of nitrogens with zero attached hydrogens (tertiary/aromatic N) is 6. The Kier molecular flexibility index (Phi) is 13.1. The van der Waals surface area contributed by atoms with E-state index in [1.165, 1.54) is 15.5 Å². The Morgan fingerprint density at radius 1 is 0.282 bits per heavy atom. The number of hydrogen-bond donors (Lipinski definition) is 0. The summed E-state index contributed by atoms with van der Waals surface area (Å²) in [6.07, 6.45) is 0. The fourth-order valence-corrected chi connectivity index (χ4v) is 17.0. The Hall–Kier alpha value is -13.8. The molecular weight excluding hydrogens is 1280 g/mol. The molecule has 0 atom stereocenters. The number of hydrogen-bond acceptors (Lipinski definition) is 6.